The van der Waals surface area contributed by atoms with Crippen molar-refractivity contribution >= 4 is 29.8 Å². The molecule has 2 aromatic heterocycles. The minimum Gasteiger partial charge on any atom is -0.480 e. The normalized spacial score (nSPS) is 14.9. The number of nitrogens with zero attached hydrogens (tertiary/aromatic N) is 5. The van der Waals surface area contributed by atoms with Gasteiger partial charge < -0.3 is 14.7 Å². The maximum atomic E-state index is 12.3. The predicted molar refractivity (Wildman–Crippen MR) is 79.9 cm³/mol. The van der Waals surface area contributed by atoms with Crippen LogP contribution in [0.25, 0.3) is 5.52 Å². The summed E-state index contributed by atoms with van der Waals surface area (Å²) in [6, 6.07) is 0. The van der Waals surface area contributed by atoms with Gasteiger partial charge in [0.15, 0.2) is 5.52 Å². The minimum absolute atomic E-state index is 0. The van der Waals surface area contributed by atoms with Gasteiger partial charge in [-0.2, -0.15) is 9.61 Å². The first kappa shape index (κ1) is 16.2. The zero-order valence-corrected chi connectivity index (χ0v) is 12.7. The molecule has 1 saturated heterocycles. The third-order valence-electron chi connectivity index (χ3n) is 3.38. The molecule has 3 rings (SSSR count). The standard InChI is InChI=1S/C12H15N5O4.ClH/c1-8-10-11(20)16(6-9(18)19)7-13-17(10)12(14-8)15-2-4-21-5-3-15;/h7H,2-6H2,1H3,(H,18,19);1H. The van der Waals surface area contributed by atoms with Gasteiger partial charge in [-0.1, -0.05) is 0 Å². The lowest BCUT2D eigenvalue weighted by Gasteiger charge is -2.26. The molecule has 1 aliphatic heterocycles. The monoisotopic (exact) mass is 329 g/mol. The van der Waals surface area contributed by atoms with Crippen LogP contribution in [0.5, 0.6) is 0 Å². The molecule has 1 aliphatic rings. The SMILES string of the molecule is Cc1nc(N2CCOCC2)n2ncn(CC(=O)O)c(=O)c12.Cl. The molecule has 0 amide bonds. The molecule has 0 unspecified atom stereocenters. The summed E-state index contributed by atoms with van der Waals surface area (Å²) in [5.41, 5.74) is 0.436. The number of carboxylic acids is 1. The Morgan fingerprint density at radius 1 is 1.41 bits per heavy atom. The van der Waals surface area contributed by atoms with Crippen LogP contribution >= 0.6 is 12.4 Å². The van der Waals surface area contributed by atoms with Crippen molar-refractivity contribution in [3.8, 4) is 0 Å². The van der Waals surface area contributed by atoms with Gasteiger partial charge in [0.05, 0.1) is 18.9 Å². The number of hydrogen-bond acceptors (Lipinski definition) is 6. The molecule has 120 valence electrons. The average Bonchev–Trinajstić information content (AvgIpc) is 2.80. The number of carboxylic acid groups (broad SMARTS) is 1. The molecular formula is C12H16ClN5O4. The summed E-state index contributed by atoms with van der Waals surface area (Å²) < 4.78 is 7.83. The van der Waals surface area contributed by atoms with Crippen molar-refractivity contribution in [3.05, 3.63) is 22.4 Å². The fourth-order valence-corrected chi connectivity index (χ4v) is 2.39. The highest BCUT2D eigenvalue weighted by molar-refractivity contribution is 5.85. The molecule has 0 aliphatic carbocycles. The predicted octanol–water partition coefficient (Wildman–Crippen LogP) is -0.458. The van der Waals surface area contributed by atoms with E-state index in [1.54, 1.807) is 6.92 Å². The summed E-state index contributed by atoms with van der Waals surface area (Å²) in [5.74, 6) is -0.501. The van der Waals surface area contributed by atoms with E-state index in [1.807, 2.05) is 4.90 Å². The maximum Gasteiger partial charge on any atom is 0.323 e. The van der Waals surface area contributed by atoms with E-state index in [9.17, 15) is 9.59 Å². The Morgan fingerprint density at radius 2 is 2.09 bits per heavy atom. The smallest absolute Gasteiger partial charge is 0.323 e. The van der Waals surface area contributed by atoms with E-state index in [1.165, 1.54) is 10.8 Å². The van der Waals surface area contributed by atoms with Gasteiger partial charge in [-0.25, -0.2) is 4.98 Å². The van der Waals surface area contributed by atoms with Crippen LogP contribution in [-0.2, 0) is 16.1 Å². The van der Waals surface area contributed by atoms with E-state index < -0.39 is 18.1 Å². The number of morpholine rings is 1. The molecule has 1 fully saturated rings. The first-order valence-electron chi connectivity index (χ1n) is 6.57. The molecule has 0 atom stereocenters. The fraction of sp³-hybridized carbons (Fsp3) is 0.500. The Balaban J connectivity index is 0.00000176. The van der Waals surface area contributed by atoms with Crippen molar-refractivity contribution in [2.75, 3.05) is 31.2 Å². The topological polar surface area (TPSA) is 102 Å². The van der Waals surface area contributed by atoms with Gasteiger partial charge in [-0.05, 0) is 6.92 Å². The Morgan fingerprint density at radius 3 is 2.73 bits per heavy atom. The van der Waals surface area contributed by atoms with Crippen molar-refractivity contribution in [2.24, 2.45) is 0 Å². The molecule has 9 nitrogen and oxygen atoms in total. The maximum absolute atomic E-state index is 12.3. The first-order valence-corrected chi connectivity index (χ1v) is 6.57. The lowest BCUT2D eigenvalue weighted by Crippen LogP contribution is -2.38. The largest absolute Gasteiger partial charge is 0.480 e. The van der Waals surface area contributed by atoms with Gasteiger partial charge in [0.2, 0.25) is 5.95 Å². The van der Waals surface area contributed by atoms with Crippen LogP contribution in [0.1, 0.15) is 5.69 Å². The number of carbonyl (C=O) groups is 1. The Kier molecular flexibility index (Phi) is 4.67. The van der Waals surface area contributed by atoms with Crippen LogP contribution in [0.15, 0.2) is 11.1 Å². The molecule has 0 radical (unpaired) electrons. The van der Waals surface area contributed by atoms with Crippen LogP contribution in [0.4, 0.5) is 5.95 Å². The Hall–Kier alpha value is -2.13. The van der Waals surface area contributed by atoms with Crippen LogP contribution in [0.3, 0.4) is 0 Å². The lowest BCUT2D eigenvalue weighted by atomic mass is 10.4. The molecule has 0 aromatic carbocycles. The lowest BCUT2D eigenvalue weighted by molar-refractivity contribution is -0.137. The highest BCUT2D eigenvalue weighted by Crippen LogP contribution is 2.16. The number of anilines is 1. The third kappa shape index (κ3) is 2.77. The number of imidazole rings is 1. The number of aromatic nitrogens is 4. The van der Waals surface area contributed by atoms with Gasteiger partial charge in [0.1, 0.15) is 12.9 Å². The average molecular weight is 330 g/mol. The van der Waals surface area contributed by atoms with E-state index in [4.69, 9.17) is 9.84 Å². The van der Waals surface area contributed by atoms with Crippen molar-refractivity contribution in [1.82, 2.24) is 19.2 Å². The number of halogens is 1. The summed E-state index contributed by atoms with van der Waals surface area (Å²) in [4.78, 5) is 29.5. The number of fused-ring (bicyclic) bond motifs is 1. The highest BCUT2D eigenvalue weighted by Gasteiger charge is 2.21. The van der Waals surface area contributed by atoms with Crippen LogP contribution < -0.4 is 10.5 Å². The highest BCUT2D eigenvalue weighted by atomic mass is 35.5. The number of ether oxygens (including phenoxy) is 1. The molecule has 3 heterocycles. The van der Waals surface area contributed by atoms with Crippen LogP contribution in [0, 0.1) is 6.92 Å². The molecule has 10 heteroatoms. The second kappa shape index (κ2) is 6.32. The Bertz CT molecular complexity index is 750. The zero-order valence-electron chi connectivity index (χ0n) is 11.9. The summed E-state index contributed by atoms with van der Waals surface area (Å²) in [6.07, 6.45) is 1.23. The molecule has 0 bridgehead atoms. The summed E-state index contributed by atoms with van der Waals surface area (Å²) in [6.45, 7) is 3.86. The van der Waals surface area contributed by atoms with Crippen molar-refractivity contribution in [2.45, 2.75) is 13.5 Å². The van der Waals surface area contributed by atoms with Gasteiger partial charge >= 0.3 is 5.97 Å². The first-order chi connectivity index (χ1) is 10.1. The Labute approximate surface area is 131 Å². The third-order valence-corrected chi connectivity index (χ3v) is 3.38. The molecule has 0 spiro atoms. The van der Waals surface area contributed by atoms with E-state index in [-0.39, 0.29) is 12.4 Å². The molecule has 0 saturated carbocycles. The summed E-state index contributed by atoms with van der Waals surface area (Å²) in [7, 11) is 0. The fourth-order valence-electron chi connectivity index (χ4n) is 2.39. The van der Waals surface area contributed by atoms with Crippen molar-refractivity contribution < 1.29 is 14.6 Å². The van der Waals surface area contributed by atoms with Crippen LogP contribution in [-0.4, -0.2) is 56.5 Å². The van der Waals surface area contributed by atoms with E-state index in [0.29, 0.717) is 43.5 Å². The van der Waals surface area contributed by atoms with E-state index in [2.05, 4.69) is 10.1 Å². The second-order valence-corrected chi connectivity index (χ2v) is 4.81. The second-order valence-electron chi connectivity index (χ2n) is 4.81. The minimum atomic E-state index is -1.09. The van der Waals surface area contributed by atoms with Gasteiger partial charge in [-0.3, -0.25) is 14.2 Å². The molecule has 1 N–H and O–H groups in total. The zero-order chi connectivity index (χ0) is 15.0. The number of aliphatic carboxylic acids is 1. The van der Waals surface area contributed by atoms with Gasteiger partial charge in [-0.15, -0.1) is 12.4 Å². The van der Waals surface area contributed by atoms with Crippen molar-refractivity contribution in [1.29, 1.82) is 0 Å². The summed E-state index contributed by atoms with van der Waals surface area (Å²) >= 11 is 0. The number of aryl methyl sites for hydroxylation is 1. The van der Waals surface area contributed by atoms with E-state index in [0.717, 1.165) is 4.57 Å². The molecule has 22 heavy (non-hydrogen) atoms. The number of rotatable bonds is 3. The van der Waals surface area contributed by atoms with Crippen LogP contribution in [0.2, 0.25) is 0 Å². The van der Waals surface area contributed by atoms with E-state index >= 15 is 0 Å². The quantitative estimate of drug-likeness (QED) is 0.813. The summed E-state index contributed by atoms with van der Waals surface area (Å²) in [5, 5.41) is 13.0. The molecule has 2 aromatic rings. The van der Waals surface area contributed by atoms with Crippen molar-refractivity contribution in [3.63, 3.8) is 0 Å². The molecular weight excluding hydrogens is 314 g/mol. The van der Waals surface area contributed by atoms with Gasteiger partial charge in [0, 0.05) is 13.1 Å². The van der Waals surface area contributed by atoms with Gasteiger partial charge in [0.25, 0.3) is 5.56 Å². The number of hydrogen-bond donors (Lipinski definition) is 1.